The second-order valence-corrected chi connectivity index (χ2v) is 8.03. The molecule has 0 spiro atoms. The summed E-state index contributed by atoms with van der Waals surface area (Å²) in [5, 5.41) is 0. The summed E-state index contributed by atoms with van der Waals surface area (Å²) in [6.45, 7) is 1.73. The summed E-state index contributed by atoms with van der Waals surface area (Å²) in [7, 11) is -0.727. The Kier molecular flexibility index (Phi) is 4.69. The lowest BCUT2D eigenvalue weighted by Gasteiger charge is -2.11. The van der Waals surface area contributed by atoms with E-state index in [-0.39, 0.29) is 4.21 Å². The van der Waals surface area contributed by atoms with Crippen molar-refractivity contribution in [2.45, 2.75) is 11.1 Å². The Morgan fingerprint density at radius 1 is 1.12 bits per heavy atom. The SMILES string of the molecule is COc1ccc(NS(=O)(=O)c2ccc(-c3cnc(C)o3)s2)cc1OC. The van der Waals surface area contributed by atoms with E-state index in [9.17, 15) is 8.42 Å². The van der Waals surface area contributed by atoms with Gasteiger partial charge in [0.2, 0.25) is 0 Å². The molecule has 1 N–H and O–H groups in total. The Balaban J connectivity index is 1.86. The van der Waals surface area contributed by atoms with E-state index in [1.807, 2.05) is 0 Å². The van der Waals surface area contributed by atoms with E-state index in [0.29, 0.717) is 33.7 Å². The Morgan fingerprint density at radius 3 is 2.52 bits per heavy atom. The van der Waals surface area contributed by atoms with Crippen LogP contribution in [0.1, 0.15) is 5.89 Å². The highest BCUT2D eigenvalue weighted by atomic mass is 32.2. The molecular weight excluding hydrogens is 364 g/mol. The number of benzene rings is 1. The minimum Gasteiger partial charge on any atom is -0.493 e. The summed E-state index contributed by atoms with van der Waals surface area (Å²) in [5.74, 6) is 2.02. The molecule has 2 heterocycles. The lowest BCUT2D eigenvalue weighted by Crippen LogP contribution is -2.11. The summed E-state index contributed by atoms with van der Waals surface area (Å²) >= 11 is 1.10. The molecule has 3 aromatic rings. The number of oxazole rings is 1. The van der Waals surface area contributed by atoms with E-state index < -0.39 is 10.0 Å². The first-order valence-corrected chi connectivity index (χ1v) is 9.50. The number of rotatable bonds is 6. The van der Waals surface area contributed by atoms with Gasteiger partial charge in [0.25, 0.3) is 10.0 Å². The Bertz CT molecular complexity index is 992. The molecule has 0 aliphatic heterocycles. The molecule has 0 aliphatic rings. The molecule has 0 atom stereocenters. The highest BCUT2D eigenvalue weighted by Crippen LogP contribution is 2.34. The third-order valence-electron chi connectivity index (χ3n) is 3.35. The van der Waals surface area contributed by atoms with Crippen LogP contribution in [0.15, 0.2) is 45.2 Å². The molecule has 0 fully saturated rings. The summed E-state index contributed by atoms with van der Waals surface area (Å²) in [6.07, 6.45) is 1.57. The number of aryl methyl sites for hydroxylation is 1. The van der Waals surface area contributed by atoms with Crippen molar-refractivity contribution in [3.63, 3.8) is 0 Å². The molecule has 2 aromatic heterocycles. The zero-order valence-corrected chi connectivity index (χ0v) is 15.4. The maximum atomic E-state index is 12.6. The molecule has 1 aromatic carbocycles. The van der Waals surface area contributed by atoms with Crippen LogP contribution < -0.4 is 14.2 Å². The number of thiophene rings is 1. The van der Waals surface area contributed by atoms with Crippen LogP contribution in [0.25, 0.3) is 10.6 Å². The second-order valence-electron chi connectivity index (χ2n) is 5.04. The number of hydrogen-bond acceptors (Lipinski definition) is 7. The molecule has 25 heavy (non-hydrogen) atoms. The Labute approximate surface area is 149 Å². The van der Waals surface area contributed by atoms with Gasteiger partial charge in [-0.3, -0.25) is 4.72 Å². The van der Waals surface area contributed by atoms with Gasteiger partial charge in [-0.25, -0.2) is 13.4 Å². The van der Waals surface area contributed by atoms with Crippen molar-refractivity contribution in [3.05, 3.63) is 42.4 Å². The van der Waals surface area contributed by atoms with Crippen LogP contribution in [0.2, 0.25) is 0 Å². The number of hydrogen-bond donors (Lipinski definition) is 1. The van der Waals surface area contributed by atoms with Crippen molar-refractivity contribution < 1.29 is 22.3 Å². The largest absolute Gasteiger partial charge is 0.493 e. The number of aromatic nitrogens is 1. The van der Waals surface area contributed by atoms with Gasteiger partial charge < -0.3 is 13.9 Å². The standard InChI is InChI=1S/C16H16N2O5S2/c1-10-17-9-14(23-10)15-6-7-16(24-15)25(19,20)18-11-4-5-12(21-2)13(8-11)22-3/h4-9,18H,1-3H3. The van der Waals surface area contributed by atoms with Crippen molar-refractivity contribution >= 4 is 27.0 Å². The predicted molar refractivity (Wildman–Crippen MR) is 94.9 cm³/mol. The van der Waals surface area contributed by atoms with Crippen molar-refractivity contribution in [2.24, 2.45) is 0 Å². The van der Waals surface area contributed by atoms with Crippen LogP contribution in [0.3, 0.4) is 0 Å². The lowest BCUT2D eigenvalue weighted by molar-refractivity contribution is 0.355. The third kappa shape index (κ3) is 3.62. The molecule has 0 radical (unpaired) electrons. The Hall–Kier alpha value is -2.52. The molecule has 9 heteroatoms. The molecule has 132 valence electrons. The minimum atomic E-state index is -3.73. The zero-order chi connectivity index (χ0) is 18.0. The van der Waals surface area contributed by atoms with Gasteiger partial charge in [0.1, 0.15) is 4.21 Å². The maximum Gasteiger partial charge on any atom is 0.271 e. The normalized spacial score (nSPS) is 11.3. The average Bonchev–Trinajstić information content (AvgIpc) is 3.23. The van der Waals surface area contributed by atoms with Crippen LogP contribution in [-0.4, -0.2) is 27.6 Å². The first kappa shape index (κ1) is 17.3. The summed E-state index contributed by atoms with van der Waals surface area (Å²) in [6, 6.07) is 8.01. The van der Waals surface area contributed by atoms with Gasteiger partial charge in [0.05, 0.1) is 31.0 Å². The molecule has 0 amide bonds. The first-order valence-electron chi connectivity index (χ1n) is 7.20. The number of nitrogens with zero attached hydrogens (tertiary/aromatic N) is 1. The smallest absolute Gasteiger partial charge is 0.271 e. The predicted octanol–water partition coefficient (Wildman–Crippen LogP) is 3.53. The van der Waals surface area contributed by atoms with Crippen molar-refractivity contribution in [1.82, 2.24) is 4.98 Å². The molecule has 0 bridgehead atoms. The quantitative estimate of drug-likeness (QED) is 0.703. The molecular formula is C16H16N2O5S2. The van der Waals surface area contributed by atoms with E-state index in [1.165, 1.54) is 20.3 Å². The molecule has 0 unspecified atom stereocenters. The van der Waals surface area contributed by atoms with Gasteiger partial charge in [-0.15, -0.1) is 11.3 Å². The number of ether oxygens (including phenoxy) is 2. The number of nitrogens with one attached hydrogen (secondary N) is 1. The molecule has 0 aliphatic carbocycles. The first-order chi connectivity index (χ1) is 11.9. The summed E-state index contributed by atoms with van der Waals surface area (Å²) in [4.78, 5) is 4.71. The van der Waals surface area contributed by atoms with Gasteiger partial charge >= 0.3 is 0 Å². The topological polar surface area (TPSA) is 90.7 Å². The fourth-order valence-electron chi connectivity index (χ4n) is 2.18. The van der Waals surface area contributed by atoms with E-state index >= 15 is 0 Å². The van der Waals surface area contributed by atoms with Gasteiger partial charge in [0.15, 0.2) is 23.1 Å². The van der Waals surface area contributed by atoms with Crippen LogP contribution in [0.5, 0.6) is 11.5 Å². The zero-order valence-electron chi connectivity index (χ0n) is 13.8. The second kappa shape index (κ2) is 6.77. The van der Waals surface area contributed by atoms with Crippen LogP contribution >= 0.6 is 11.3 Å². The van der Waals surface area contributed by atoms with Gasteiger partial charge in [0, 0.05) is 13.0 Å². The van der Waals surface area contributed by atoms with E-state index in [1.54, 1.807) is 37.4 Å². The third-order valence-corrected chi connectivity index (χ3v) is 6.32. The number of methoxy groups -OCH3 is 2. The van der Waals surface area contributed by atoms with Gasteiger partial charge in [-0.1, -0.05) is 0 Å². The molecule has 3 rings (SSSR count). The molecule has 7 nitrogen and oxygen atoms in total. The highest BCUT2D eigenvalue weighted by molar-refractivity contribution is 7.94. The van der Waals surface area contributed by atoms with E-state index in [2.05, 4.69) is 9.71 Å². The maximum absolute atomic E-state index is 12.6. The van der Waals surface area contributed by atoms with Crippen molar-refractivity contribution in [2.75, 3.05) is 18.9 Å². The number of sulfonamides is 1. The molecule has 0 saturated carbocycles. The van der Waals surface area contributed by atoms with Crippen molar-refractivity contribution in [3.8, 4) is 22.1 Å². The van der Waals surface area contributed by atoms with Crippen LogP contribution in [0, 0.1) is 6.92 Å². The van der Waals surface area contributed by atoms with E-state index in [4.69, 9.17) is 13.9 Å². The minimum absolute atomic E-state index is 0.173. The number of anilines is 1. The monoisotopic (exact) mass is 380 g/mol. The summed E-state index contributed by atoms with van der Waals surface area (Å²) < 4.78 is 43.6. The average molecular weight is 380 g/mol. The van der Waals surface area contributed by atoms with Gasteiger partial charge in [-0.2, -0.15) is 0 Å². The fraction of sp³-hybridized carbons (Fsp3) is 0.188. The Morgan fingerprint density at radius 2 is 1.88 bits per heavy atom. The van der Waals surface area contributed by atoms with Crippen LogP contribution in [-0.2, 0) is 10.0 Å². The highest BCUT2D eigenvalue weighted by Gasteiger charge is 2.19. The van der Waals surface area contributed by atoms with Crippen LogP contribution in [0.4, 0.5) is 5.69 Å². The fourth-order valence-corrected chi connectivity index (χ4v) is 4.48. The van der Waals surface area contributed by atoms with Gasteiger partial charge in [-0.05, 0) is 24.3 Å². The van der Waals surface area contributed by atoms with E-state index in [0.717, 1.165) is 11.3 Å². The molecule has 0 saturated heterocycles. The lowest BCUT2D eigenvalue weighted by atomic mass is 10.3. The summed E-state index contributed by atoms with van der Waals surface area (Å²) in [5.41, 5.74) is 0.378. The van der Waals surface area contributed by atoms with Crippen molar-refractivity contribution in [1.29, 1.82) is 0 Å².